The summed E-state index contributed by atoms with van der Waals surface area (Å²) < 4.78 is 10.8. The number of hydrogen-bond donors (Lipinski definition) is 1. The zero-order valence-electron chi connectivity index (χ0n) is 15.5. The van der Waals surface area contributed by atoms with Gasteiger partial charge >= 0.3 is 5.97 Å². The number of benzene rings is 2. The quantitative estimate of drug-likeness (QED) is 0.561. The van der Waals surface area contributed by atoms with Gasteiger partial charge in [-0.15, -0.1) is 0 Å². The number of pyridine rings is 1. The number of fused-ring (bicyclic) bond motifs is 1. The smallest absolute Gasteiger partial charge is 0.341 e. The molecular formula is C21H21ClN2O3. The molecule has 5 nitrogen and oxygen atoms in total. The molecule has 1 N–H and O–H groups in total. The third-order valence-corrected chi connectivity index (χ3v) is 4.06. The van der Waals surface area contributed by atoms with Crippen LogP contribution in [0.3, 0.4) is 0 Å². The van der Waals surface area contributed by atoms with Crippen LogP contribution in [0.5, 0.6) is 5.75 Å². The molecule has 0 saturated carbocycles. The summed E-state index contributed by atoms with van der Waals surface area (Å²) in [6, 6.07) is 12.9. The van der Waals surface area contributed by atoms with E-state index in [0.29, 0.717) is 16.3 Å². The molecule has 0 bridgehead atoms. The summed E-state index contributed by atoms with van der Waals surface area (Å²) in [7, 11) is 0. The van der Waals surface area contributed by atoms with E-state index in [1.54, 1.807) is 19.1 Å². The maximum absolute atomic E-state index is 12.4. The number of ether oxygens (including phenoxy) is 2. The molecule has 3 aromatic rings. The lowest BCUT2D eigenvalue weighted by molar-refractivity contribution is 0.0527. The van der Waals surface area contributed by atoms with Crippen molar-refractivity contribution in [1.29, 1.82) is 0 Å². The van der Waals surface area contributed by atoms with E-state index in [-0.39, 0.29) is 12.7 Å². The molecule has 2 aromatic carbocycles. The first-order valence-electron chi connectivity index (χ1n) is 8.77. The Morgan fingerprint density at radius 1 is 1.19 bits per heavy atom. The fourth-order valence-electron chi connectivity index (χ4n) is 2.70. The highest BCUT2D eigenvalue weighted by Crippen LogP contribution is 2.32. The summed E-state index contributed by atoms with van der Waals surface area (Å²) in [6.07, 6.45) is 1.62. The van der Waals surface area contributed by atoms with Gasteiger partial charge in [0, 0.05) is 22.3 Å². The van der Waals surface area contributed by atoms with E-state index in [1.807, 2.05) is 44.2 Å². The first-order valence-corrected chi connectivity index (χ1v) is 9.15. The Balaban J connectivity index is 2.03. The third kappa shape index (κ3) is 4.49. The van der Waals surface area contributed by atoms with E-state index in [0.717, 1.165) is 22.3 Å². The minimum atomic E-state index is -0.436. The molecule has 0 unspecified atom stereocenters. The van der Waals surface area contributed by atoms with Crippen molar-refractivity contribution >= 4 is 39.8 Å². The van der Waals surface area contributed by atoms with Crippen molar-refractivity contribution in [3.05, 3.63) is 59.2 Å². The van der Waals surface area contributed by atoms with E-state index < -0.39 is 5.97 Å². The van der Waals surface area contributed by atoms with Crippen LogP contribution >= 0.6 is 11.6 Å². The van der Waals surface area contributed by atoms with Gasteiger partial charge in [-0.05, 0) is 63.2 Å². The Labute approximate surface area is 163 Å². The molecule has 6 heteroatoms. The van der Waals surface area contributed by atoms with Crippen LogP contribution in [-0.4, -0.2) is 23.7 Å². The predicted molar refractivity (Wildman–Crippen MR) is 108 cm³/mol. The first kappa shape index (κ1) is 19.0. The molecule has 0 radical (unpaired) electrons. The Morgan fingerprint density at radius 2 is 1.93 bits per heavy atom. The van der Waals surface area contributed by atoms with E-state index in [2.05, 4.69) is 10.3 Å². The molecule has 0 spiro atoms. The van der Waals surface area contributed by atoms with Gasteiger partial charge in [-0.1, -0.05) is 11.6 Å². The summed E-state index contributed by atoms with van der Waals surface area (Å²) in [6.45, 7) is 6.01. The van der Waals surface area contributed by atoms with Gasteiger partial charge in [0.1, 0.15) is 11.3 Å². The second-order valence-electron chi connectivity index (χ2n) is 6.24. The van der Waals surface area contributed by atoms with Gasteiger partial charge in [-0.2, -0.15) is 0 Å². The number of rotatable bonds is 6. The highest BCUT2D eigenvalue weighted by Gasteiger charge is 2.17. The number of anilines is 2. The fraction of sp³-hybridized carbons (Fsp3) is 0.238. The summed E-state index contributed by atoms with van der Waals surface area (Å²) >= 11 is 6.17. The molecule has 0 aliphatic rings. The van der Waals surface area contributed by atoms with Gasteiger partial charge in [0.2, 0.25) is 0 Å². The Kier molecular flexibility index (Phi) is 5.81. The minimum absolute atomic E-state index is 0.102. The molecule has 3 rings (SSSR count). The van der Waals surface area contributed by atoms with Gasteiger partial charge in [0.25, 0.3) is 0 Å². The van der Waals surface area contributed by atoms with Gasteiger partial charge in [-0.3, -0.25) is 4.98 Å². The molecule has 1 heterocycles. The lowest BCUT2D eigenvalue weighted by Crippen LogP contribution is -2.09. The van der Waals surface area contributed by atoms with Crippen LogP contribution in [0.25, 0.3) is 10.9 Å². The number of hydrogen-bond acceptors (Lipinski definition) is 5. The number of carbonyl (C=O) groups is 1. The van der Waals surface area contributed by atoms with Crippen molar-refractivity contribution in [3.63, 3.8) is 0 Å². The molecule has 0 aliphatic carbocycles. The molecule has 140 valence electrons. The summed E-state index contributed by atoms with van der Waals surface area (Å²) in [5.74, 6) is 0.345. The monoisotopic (exact) mass is 384 g/mol. The van der Waals surface area contributed by atoms with Crippen molar-refractivity contribution in [1.82, 2.24) is 4.98 Å². The maximum Gasteiger partial charge on any atom is 0.341 e. The molecular weight excluding hydrogens is 364 g/mol. The standard InChI is InChI=1S/C21H21ClN2O3/c1-4-26-21(25)18-12-23-19-10-5-14(22)11-17(19)20(18)24-15-6-8-16(9-7-15)27-13(2)3/h5-13H,4H2,1-3H3,(H,23,24). The number of halogens is 1. The highest BCUT2D eigenvalue weighted by atomic mass is 35.5. The zero-order valence-corrected chi connectivity index (χ0v) is 16.2. The van der Waals surface area contributed by atoms with Crippen LogP contribution in [0, 0.1) is 0 Å². The van der Waals surface area contributed by atoms with Crippen LogP contribution in [0.4, 0.5) is 11.4 Å². The van der Waals surface area contributed by atoms with Crippen molar-refractivity contribution in [2.24, 2.45) is 0 Å². The van der Waals surface area contributed by atoms with Gasteiger partial charge in [-0.25, -0.2) is 4.79 Å². The van der Waals surface area contributed by atoms with Crippen molar-refractivity contribution < 1.29 is 14.3 Å². The Morgan fingerprint density at radius 3 is 2.59 bits per heavy atom. The molecule has 1 aromatic heterocycles. The predicted octanol–water partition coefficient (Wildman–Crippen LogP) is 5.60. The van der Waals surface area contributed by atoms with E-state index >= 15 is 0 Å². The van der Waals surface area contributed by atoms with E-state index in [9.17, 15) is 4.79 Å². The van der Waals surface area contributed by atoms with Gasteiger partial charge in [0.15, 0.2) is 0 Å². The van der Waals surface area contributed by atoms with Gasteiger partial charge < -0.3 is 14.8 Å². The molecule has 0 amide bonds. The zero-order chi connectivity index (χ0) is 19.4. The topological polar surface area (TPSA) is 60.5 Å². The SMILES string of the molecule is CCOC(=O)c1cnc2ccc(Cl)cc2c1Nc1ccc(OC(C)C)cc1. The second kappa shape index (κ2) is 8.27. The summed E-state index contributed by atoms with van der Waals surface area (Å²) in [5.41, 5.74) is 2.51. The van der Waals surface area contributed by atoms with Gasteiger partial charge in [0.05, 0.1) is 23.9 Å². The summed E-state index contributed by atoms with van der Waals surface area (Å²) in [5, 5.41) is 4.62. The molecule has 0 atom stereocenters. The first-order chi connectivity index (χ1) is 13.0. The van der Waals surface area contributed by atoms with E-state index in [1.165, 1.54) is 6.20 Å². The molecule has 0 saturated heterocycles. The third-order valence-electron chi connectivity index (χ3n) is 3.82. The highest BCUT2D eigenvalue weighted by molar-refractivity contribution is 6.31. The lowest BCUT2D eigenvalue weighted by Gasteiger charge is -2.15. The van der Waals surface area contributed by atoms with Crippen LogP contribution in [0.1, 0.15) is 31.1 Å². The van der Waals surface area contributed by atoms with Crippen molar-refractivity contribution in [2.45, 2.75) is 26.9 Å². The number of aromatic nitrogens is 1. The molecule has 27 heavy (non-hydrogen) atoms. The fourth-order valence-corrected chi connectivity index (χ4v) is 2.87. The lowest BCUT2D eigenvalue weighted by atomic mass is 10.1. The minimum Gasteiger partial charge on any atom is -0.491 e. The van der Waals surface area contributed by atoms with Crippen molar-refractivity contribution in [2.75, 3.05) is 11.9 Å². The van der Waals surface area contributed by atoms with Crippen LogP contribution in [0.2, 0.25) is 5.02 Å². The van der Waals surface area contributed by atoms with Crippen LogP contribution < -0.4 is 10.1 Å². The van der Waals surface area contributed by atoms with Crippen LogP contribution in [0.15, 0.2) is 48.7 Å². The second-order valence-corrected chi connectivity index (χ2v) is 6.68. The van der Waals surface area contributed by atoms with Crippen LogP contribution in [-0.2, 0) is 4.74 Å². The number of carbonyl (C=O) groups excluding carboxylic acids is 1. The number of esters is 1. The molecule has 0 fully saturated rings. The number of nitrogens with one attached hydrogen (secondary N) is 1. The Hall–Kier alpha value is -2.79. The van der Waals surface area contributed by atoms with E-state index in [4.69, 9.17) is 21.1 Å². The normalized spacial score (nSPS) is 10.9. The summed E-state index contributed by atoms with van der Waals surface area (Å²) in [4.78, 5) is 16.8. The largest absolute Gasteiger partial charge is 0.491 e. The average molecular weight is 385 g/mol. The maximum atomic E-state index is 12.4. The number of nitrogens with zero attached hydrogens (tertiary/aromatic N) is 1. The van der Waals surface area contributed by atoms with Crippen molar-refractivity contribution in [3.8, 4) is 5.75 Å². The Bertz CT molecular complexity index is 956. The molecule has 0 aliphatic heterocycles. The average Bonchev–Trinajstić information content (AvgIpc) is 2.63.